The number of rotatable bonds is 9. The topological polar surface area (TPSA) is 95.7 Å². The normalized spacial score (nSPS) is 18.1. The van der Waals surface area contributed by atoms with E-state index in [2.05, 4.69) is 5.32 Å². The van der Waals surface area contributed by atoms with Crippen LogP contribution in [0.3, 0.4) is 0 Å². The highest BCUT2D eigenvalue weighted by atomic mass is 35.5. The fourth-order valence-corrected chi connectivity index (χ4v) is 5.08. The summed E-state index contributed by atoms with van der Waals surface area (Å²) in [6.07, 6.45) is 2.82. The molecule has 0 radical (unpaired) electrons. The van der Waals surface area contributed by atoms with E-state index in [4.69, 9.17) is 5.73 Å². The molecule has 1 saturated heterocycles. The minimum atomic E-state index is -3.59. The van der Waals surface area contributed by atoms with Crippen LogP contribution in [0.25, 0.3) is 0 Å². The molecule has 2 rings (SSSR count). The number of halogens is 1. The number of carbonyl (C=O) groups is 1. The number of piperidine rings is 1. The van der Waals surface area contributed by atoms with Crippen LogP contribution in [-0.4, -0.2) is 55.2 Å². The lowest BCUT2D eigenvalue weighted by molar-refractivity contribution is -0.121. The van der Waals surface area contributed by atoms with Gasteiger partial charge in [0.1, 0.15) is 0 Å². The van der Waals surface area contributed by atoms with Crippen LogP contribution >= 0.6 is 12.4 Å². The Bertz CT molecular complexity index is 672. The summed E-state index contributed by atoms with van der Waals surface area (Å²) in [6, 6.07) is 9.38. The number of carbonyl (C=O) groups excluding carboxylic acids is 1. The minimum Gasteiger partial charge on any atom is -0.354 e. The van der Waals surface area contributed by atoms with E-state index in [0.29, 0.717) is 32.7 Å². The van der Waals surface area contributed by atoms with Crippen molar-refractivity contribution in [2.45, 2.75) is 45.2 Å². The van der Waals surface area contributed by atoms with Crippen LogP contribution in [0, 0.1) is 0 Å². The van der Waals surface area contributed by atoms with Crippen LogP contribution in [0.4, 0.5) is 0 Å². The summed E-state index contributed by atoms with van der Waals surface area (Å²) >= 11 is 0. The highest BCUT2D eigenvalue weighted by Crippen LogP contribution is 2.23. The Kier molecular flexibility index (Phi) is 10.3. The molecule has 27 heavy (non-hydrogen) atoms. The van der Waals surface area contributed by atoms with Gasteiger partial charge < -0.3 is 11.1 Å². The highest BCUT2D eigenvalue weighted by Gasteiger charge is 2.36. The second-order valence-electron chi connectivity index (χ2n) is 6.52. The number of nitrogens with one attached hydrogen (secondary N) is 1. The molecule has 1 aliphatic rings. The maximum atomic E-state index is 13.2. The van der Waals surface area contributed by atoms with Crippen molar-refractivity contribution in [1.29, 1.82) is 0 Å². The number of benzene rings is 1. The molecule has 9 heteroatoms. The first-order chi connectivity index (χ1) is 12.5. The Hall–Kier alpha value is -1.19. The lowest BCUT2D eigenvalue weighted by Gasteiger charge is -2.38. The molecule has 0 aromatic heterocycles. The molecule has 3 N–H and O–H groups in total. The second kappa shape index (κ2) is 11.6. The molecule has 0 bridgehead atoms. The zero-order chi connectivity index (χ0) is 19.0. The van der Waals surface area contributed by atoms with Crippen LogP contribution < -0.4 is 11.1 Å². The van der Waals surface area contributed by atoms with Crippen molar-refractivity contribution in [2.24, 2.45) is 5.73 Å². The largest absolute Gasteiger partial charge is 0.354 e. The van der Waals surface area contributed by atoms with Crippen molar-refractivity contribution in [2.75, 3.05) is 26.2 Å². The molecule has 1 aromatic carbocycles. The van der Waals surface area contributed by atoms with E-state index in [1.54, 1.807) is 4.31 Å². The quantitative estimate of drug-likeness (QED) is 0.635. The molecule has 1 unspecified atom stereocenters. The van der Waals surface area contributed by atoms with Crippen molar-refractivity contribution in [3.05, 3.63) is 35.9 Å². The van der Waals surface area contributed by atoms with Crippen LogP contribution in [0.1, 0.15) is 38.2 Å². The van der Waals surface area contributed by atoms with Gasteiger partial charge >= 0.3 is 0 Å². The third-order valence-electron chi connectivity index (χ3n) is 4.66. The number of nitrogens with two attached hydrogens (primary N) is 1. The zero-order valence-electron chi connectivity index (χ0n) is 15.8. The van der Waals surface area contributed by atoms with Crippen LogP contribution in [0.5, 0.6) is 0 Å². The van der Waals surface area contributed by atoms with E-state index < -0.39 is 10.2 Å². The summed E-state index contributed by atoms with van der Waals surface area (Å²) in [7, 11) is -3.59. The molecule has 1 heterocycles. The molecule has 0 aliphatic carbocycles. The van der Waals surface area contributed by atoms with Crippen molar-refractivity contribution in [3.63, 3.8) is 0 Å². The maximum absolute atomic E-state index is 13.2. The van der Waals surface area contributed by atoms with Crippen molar-refractivity contribution in [1.82, 2.24) is 13.9 Å². The molecule has 154 valence electrons. The Morgan fingerprint density at radius 3 is 2.63 bits per heavy atom. The molecule has 1 aliphatic heterocycles. The van der Waals surface area contributed by atoms with Gasteiger partial charge in [-0.15, -0.1) is 12.4 Å². The Morgan fingerprint density at radius 2 is 2.00 bits per heavy atom. The minimum absolute atomic E-state index is 0. The molecule has 1 amide bonds. The smallest absolute Gasteiger partial charge is 0.282 e. The van der Waals surface area contributed by atoms with E-state index in [1.807, 2.05) is 37.3 Å². The summed E-state index contributed by atoms with van der Waals surface area (Å²) in [6.45, 7) is 3.72. The summed E-state index contributed by atoms with van der Waals surface area (Å²) in [5.41, 5.74) is 6.35. The number of nitrogens with zero attached hydrogens (tertiary/aromatic N) is 2. The van der Waals surface area contributed by atoms with E-state index in [-0.39, 0.29) is 30.8 Å². The van der Waals surface area contributed by atoms with Crippen molar-refractivity contribution in [3.8, 4) is 0 Å². The molecular weight excluding hydrogens is 388 g/mol. The maximum Gasteiger partial charge on any atom is 0.282 e. The Balaban J connectivity index is 0.00000364. The van der Waals surface area contributed by atoms with Crippen molar-refractivity contribution >= 4 is 28.5 Å². The predicted octanol–water partition coefficient (Wildman–Crippen LogP) is 1.49. The van der Waals surface area contributed by atoms with E-state index in [9.17, 15) is 13.2 Å². The van der Waals surface area contributed by atoms with Gasteiger partial charge in [0.25, 0.3) is 10.2 Å². The standard InChI is InChI=1S/C18H30N4O3S.ClH/c1-2-21(15-16-8-4-3-5-9-16)26(24,25)22-13-7-6-10-17(22)14-20-18(23)11-12-19;/h3-5,8-9,17H,2,6-7,10-15,19H2,1H3,(H,20,23);1H. The van der Waals surface area contributed by atoms with Gasteiger partial charge in [-0.05, 0) is 18.4 Å². The summed E-state index contributed by atoms with van der Waals surface area (Å²) in [5, 5.41) is 2.82. The summed E-state index contributed by atoms with van der Waals surface area (Å²) in [4.78, 5) is 11.7. The number of amides is 1. The van der Waals surface area contributed by atoms with Gasteiger partial charge in [0, 0.05) is 45.2 Å². The van der Waals surface area contributed by atoms with Gasteiger partial charge in [-0.2, -0.15) is 17.0 Å². The predicted molar refractivity (Wildman–Crippen MR) is 110 cm³/mol. The van der Waals surface area contributed by atoms with E-state index >= 15 is 0 Å². The Morgan fingerprint density at radius 1 is 1.30 bits per heavy atom. The van der Waals surface area contributed by atoms with Crippen LogP contribution in [0.15, 0.2) is 30.3 Å². The molecule has 0 saturated carbocycles. The zero-order valence-corrected chi connectivity index (χ0v) is 17.5. The summed E-state index contributed by atoms with van der Waals surface area (Å²) in [5.74, 6) is -0.132. The molecular formula is C18H31ClN4O3S. The van der Waals surface area contributed by atoms with Gasteiger partial charge in [0.15, 0.2) is 0 Å². The molecule has 0 spiro atoms. The van der Waals surface area contributed by atoms with Gasteiger partial charge in [0.2, 0.25) is 5.91 Å². The average Bonchev–Trinajstić information content (AvgIpc) is 2.65. The Labute approximate surface area is 168 Å². The van der Waals surface area contributed by atoms with Crippen molar-refractivity contribution < 1.29 is 13.2 Å². The lowest BCUT2D eigenvalue weighted by Crippen LogP contribution is -2.53. The van der Waals surface area contributed by atoms with Gasteiger partial charge in [-0.25, -0.2) is 0 Å². The third-order valence-corrected chi connectivity index (χ3v) is 6.77. The highest BCUT2D eigenvalue weighted by molar-refractivity contribution is 7.86. The molecule has 1 atom stereocenters. The first kappa shape index (κ1) is 23.8. The number of hydrogen-bond donors (Lipinski definition) is 2. The molecule has 7 nitrogen and oxygen atoms in total. The van der Waals surface area contributed by atoms with Gasteiger partial charge in [-0.1, -0.05) is 43.7 Å². The van der Waals surface area contributed by atoms with Gasteiger partial charge in [0.05, 0.1) is 0 Å². The lowest BCUT2D eigenvalue weighted by atomic mass is 10.1. The SMILES string of the molecule is CCN(Cc1ccccc1)S(=O)(=O)N1CCCCC1CNC(=O)CCN.Cl. The van der Waals surface area contributed by atoms with Crippen LogP contribution in [-0.2, 0) is 21.5 Å². The van der Waals surface area contributed by atoms with E-state index in [1.165, 1.54) is 4.31 Å². The van der Waals surface area contributed by atoms with Crippen LogP contribution in [0.2, 0.25) is 0 Å². The average molecular weight is 419 g/mol. The van der Waals surface area contributed by atoms with E-state index in [0.717, 1.165) is 24.8 Å². The van der Waals surface area contributed by atoms with Gasteiger partial charge in [-0.3, -0.25) is 4.79 Å². The summed E-state index contributed by atoms with van der Waals surface area (Å²) < 4.78 is 29.5. The molecule has 1 fully saturated rings. The first-order valence-corrected chi connectivity index (χ1v) is 10.7. The first-order valence-electron chi connectivity index (χ1n) is 9.26. The third kappa shape index (κ3) is 6.73. The number of hydrogen-bond acceptors (Lipinski definition) is 4. The fraction of sp³-hybridized carbons (Fsp3) is 0.611. The fourth-order valence-electron chi connectivity index (χ4n) is 3.22. The second-order valence-corrected chi connectivity index (χ2v) is 8.40. The monoisotopic (exact) mass is 418 g/mol. The molecule has 1 aromatic rings.